The van der Waals surface area contributed by atoms with Gasteiger partial charge >= 0.3 is 0 Å². The summed E-state index contributed by atoms with van der Waals surface area (Å²) in [5.41, 5.74) is 5.41. The lowest BCUT2D eigenvalue weighted by Gasteiger charge is -1.87. The summed E-state index contributed by atoms with van der Waals surface area (Å²) in [5.74, 6) is 0.343. The highest BCUT2D eigenvalue weighted by Crippen LogP contribution is 2.34. The zero-order valence-corrected chi connectivity index (χ0v) is 9.04. The lowest BCUT2D eigenvalue weighted by atomic mass is 10.5. The maximum Gasteiger partial charge on any atom is 0.232 e. The maximum absolute atomic E-state index is 5.41. The molecule has 0 unspecified atom stereocenters. The smallest absolute Gasteiger partial charge is 0.232 e. The van der Waals surface area contributed by atoms with E-state index in [1.165, 1.54) is 11.5 Å². The fourth-order valence-corrected chi connectivity index (χ4v) is 3.15. The predicted molar refractivity (Wildman–Crippen MR) is 55.3 cm³/mol. The van der Waals surface area contributed by atoms with Gasteiger partial charge in [0.15, 0.2) is 5.01 Å². The summed E-state index contributed by atoms with van der Waals surface area (Å²) >= 11 is 6.36. The van der Waals surface area contributed by atoms with Gasteiger partial charge in [0.1, 0.15) is 0 Å². The number of hydrogen-bond donors (Lipinski definition) is 1. The first-order valence-electron chi connectivity index (χ1n) is 3.10. The van der Waals surface area contributed by atoms with Gasteiger partial charge in [0.25, 0.3) is 0 Å². The van der Waals surface area contributed by atoms with Crippen LogP contribution >= 0.6 is 38.8 Å². The molecular formula is C6H4BrN3S2. The van der Waals surface area contributed by atoms with Crippen LogP contribution in [0.15, 0.2) is 15.9 Å². The van der Waals surface area contributed by atoms with Gasteiger partial charge in [-0.2, -0.15) is 9.36 Å². The number of nitrogens with two attached hydrogens (primary N) is 1. The molecule has 0 amide bonds. The minimum atomic E-state index is 0.343. The SMILES string of the molecule is Nc1nsc(-c2sccc2Br)n1. The highest BCUT2D eigenvalue weighted by atomic mass is 79.9. The standard InChI is InChI=1S/C6H4BrN3S2/c7-3-1-2-11-4(3)5-9-6(8)10-12-5/h1-2H,(H2,8,10). The second-order valence-electron chi connectivity index (χ2n) is 2.06. The highest BCUT2D eigenvalue weighted by molar-refractivity contribution is 9.10. The van der Waals surface area contributed by atoms with Crippen LogP contribution in [0.2, 0.25) is 0 Å². The minimum absolute atomic E-state index is 0.343. The molecule has 0 aromatic carbocycles. The normalized spacial score (nSPS) is 10.4. The average Bonchev–Trinajstić information content (AvgIpc) is 2.58. The van der Waals surface area contributed by atoms with Crippen LogP contribution in [-0.2, 0) is 0 Å². The van der Waals surface area contributed by atoms with Crippen molar-refractivity contribution in [2.45, 2.75) is 0 Å². The maximum atomic E-state index is 5.41. The molecule has 0 saturated heterocycles. The zero-order chi connectivity index (χ0) is 8.55. The highest BCUT2D eigenvalue weighted by Gasteiger charge is 2.08. The lowest BCUT2D eigenvalue weighted by Crippen LogP contribution is -1.84. The zero-order valence-electron chi connectivity index (χ0n) is 5.82. The molecule has 12 heavy (non-hydrogen) atoms. The third kappa shape index (κ3) is 1.37. The van der Waals surface area contributed by atoms with E-state index in [2.05, 4.69) is 25.3 Å². The Balaban J connectivity index is 2.50. The molecule has 0 spiro atoms. The number of nitrogens with zero attached hydrogens (tertiary/aromatic N) is 2. The van der Waals surface area contributed by atoms with E-state index >= 15 is 0 Å². The quantitative estimate of drug-likeness (QED) is 0.859. The summed E-state index contributed by atoms with van der Waals surface area (Å²) in [6.45, 7) is 0. The van der Waals surface area contributed by atoms with Crippen LogP contribution in [-0.4, -0.2) is 9.36 Å². The van der Waals surface area contributed by atoms with Crippen LogP contribution in [0, 0.1) is 0 Å². The average molecular weight is 262 g/mol. The third-order valence-electron chi connectivity index (χ3n) is 1.25. The van der Waals surface area contributed by atoms with Crippen LogP contribution < -0.4 is 5.73 Å². The molecule has 0 fully saturated rings. The molecular weight excluding hydrogens is 258 g/mol. The van der Waals surface area contributed by atoms with E-state index in [1.807, 2.05) is 11.4 Å². The Bertz CT molecular complexity index is 395. The Labute approximate surface area is 85.6 Å². The molecule has 0 bridgehead atoms. The molecule has 2 rings (SSSR count). The van der Waals surface area contributed by atoms with Gasteiger partial charge in [0.05, 0.1) is 4.88 Å². The van der Waals surface area contributed by atoms with Crippen molar-refractivity contribution in [3.05, 3.63) is 15.9 Å². The van der Waals surface area contributed by atoms with Crippen molar-refractivity contribution < 1.29 is 0 Å². The van der Waals surface area contributed by atoms with Crippen molar-refractivity contribution in [2.75, 3.05) is 5.73 Å². The van der Waals surface area contributed by atoms with Gasteiger partial charge in [-0.15, -0.1) is 11.3 Å². The molecule has 2 aromatic rings. The van der Waals surface area contributed by atoms with Crippen LogP contribution in [0.3, 0.4) is 0 Å². The number of rotatable bonds is 1. The van der Waals surface area contributed by atoms with Crippen molar-refractivity contribution in [3.8, 4) is 9.88 Å². The Hall–Kier alpha value is -0.460. The van der Waals surface area contributed by atoms with E-state index in [0.29, 0.717) is 5.95 Å². The fourth-order valence-electron chi connectivity index (χ4n) is 0.773. The van der Waals surface area contributed by atoms with Gasteiger partial charge in [-0.1, -0.05) is 0 Å². The molecule has 6 heteroatoms. The first-order chi connectivity index (χ1) is 5.77. The molecule has 0 radical (unpaired) electrons. The molecule has 0 aliphatic heterocycles. The number of nitrogen functional groups attached to an aromatic ring is 1. The number of aromatic nitrogens is 2. The monoisotopic (exact) mass is 261 g/mol. The molecule has 2 N–H and O–H groups in total. The number of anilines is 1. The van der Waals surface area contributed by atoms with Crippen molar-refractivity contribution in [1.29, 1.82) is 0 Å². The Morgan fingerprint density at radius 3 is 2.83 bits per heavy atom. The van der Waals surface area contributed by atoms with Gasteiger partial charge in [0.2, 0.25) is 5.95 Å². The summed E-state index contributed by atoms with van der Waals surface area (Å²) in [5, 5.41) is 2.87. The summed E-state index contributed by atoms with van der Waals surface area (Å²) in [7, 11) is 0. The number of thiophene rings is 1. The van der Waals surface area contributed by atoms with Gasteiger partial charge in [0, 0.05) is 4.47 Å². The molecule has 3 nitrogen and oxygen atoms in total. The van der Waals surface area contributed by atoms with Crippen molar-refractivity contribution in [1.82, 2.24) is 9.36 Å². The Kier molecular flexibility index (Phi) is 2.12. The summed E-state index contributed by atoms with van der Waals surface area (Å²) in [6.07, 6.45) is 0. The first kappa shape index (κ1) is 8.15. The van der Waals surface area contributed by atoms with Crippen LogP contribution in [0.5, 0.6) is 0 Å². The molecule has 2 heterocycles. The third-order valence-corrected chi connectivity index (χ3v) is 3.97. The van der Waals surface area contributed by atoms with Crippen molar-refractivity contribution >= 4 is 44.7 Å². The Morgan fingerprint density at radius 2 is 2.33 bits per heavy atom. The minimum Gasteiger partial charge on any atom is -0.367 e. The molecule has 2 aromatic heterocycles. The van der Waals surface area contributed by atoms with E-state index in [4.69, 9.17) is 5.73 Å². The molecule has 0 aliphatic rings. The van der Waals surface area contributed by atoms with Gasteiger partial charge in [-0.3, -0.25) is 0 Å². The van der Waals surface area contributed by atoms with Gasteiger partial charge in [-0.25, -0.2) is 0 Å². The first-order valence-corrected chi connectivity index (χ1v) is 5.54. The predicted octanol–water partition coefficient (Wildman–Crippen LogP) is 2.61. The second-order valence-corrected chi connectivity index (χ2v) is 4.58. The lowest BCUT2D eigenvalue weighted by molar-refractivity contribution is 1.35. The topological polar surface area (TPSA) is 51.8 Å². The second kappa shape index (κ2) is 3.12. The Morgan fingerprint density at radius 1 is 1.50 bits per heavy atom. The van der Waals surface area contributed by atoms with Crippen LogP contribution in [0.1, 0.15) is 0 Å². The molecule has 0 atom stereocenters. The van der Waals surface area contributed by atoms with E-state index in [1.54, 1.807) is 11.3 Å². The van der Waals surface area contributed by atoms with Gasteiger partial charge in [-0.05, 0) is 38.9 Å². The summed E-state index contributed by atoms with van der Waals surface area (Å²) in [6, 6.07) is 1.98. The van der Waals surface area contributed by atoms with Crippen molar-refractivity contribution in [2.24, 2.45) is 0 Å². The van der Waals surface area contributed by atoms with Crippen LogP contribution in [0.4, 0.5) is 5.95 Å². The number of hydrogen-bond acceptors (Lipinski definition) is 5. The number of halogens is 1. The van der Waals surface area contributed by atoms with E-state index in [9.17, 15) is 0 Å². The van der Waals surface area contributed by atoms with Crippen LogP contribution in [0.25, 0.3) is 9.88 Å². The van der Waals surface area contributed by atoms with Gasteiger partial charge < -0.3 is 5.73 Å². The fraction of sp³-hybridized carbons (Fsp3) is 0. The van der Waals surface area contributed by atoms with E-state index in [-0.39, 0.29) is 0 Å². The van der Waals surface area contributed by atoms with Crippen molar-refractivity contribution in [3.63, 3.8) is 0 Å². The largest absolute Gasteiger partial charge is 0.367 e. The molecule has 0 saturated carbocycles. The summed E-state index contributed by atoms with van der Waals surface area (Å²) in [4.78, 5) is 5.17. The van der Waals surface area contributed by atoms with E-state index < -0.39 is 0 Å². The molecule has 0 aliphatic carbocycles. The molecule has 62 valence electrons. The van der Waals surface area contributed by atoms with E-state index in [0.717, 1.165) is 14.4 Å². The summed E-state index contributed by atoms with van der Waals surface area (Å²) < 4.78 is 4.95.